The van der Waals surface area contributed by atoms with Gasteiger partial charge in [0.25, 0.3) is 0 Å². The third kappa shape index (κ3) is 1400. The van der Waals surface area contributed by atoms with Crippen LogP contribution in [0.2, 0.25) is 0 Å². The molecule has 0 spiro atoms. The largest absolute Gasteiger partial charge is 0.333 e. The molecule has 0 aliphatic carbocycles. The maximum atomic E-state index is 4.50. The van der Waals surface area contributed by atoms with Crippen LogP contribution in [0.15, 0.2) is 13.2 Å². The highest BCUT2D eigenvalue weighted by Crippen LogP contribution is 1.81. The Kier molecular flexibility index (Phi) is 58.4. The maximum absolute atomic E-state index is 4.50. The van der Waals surface area contributed by atoms with Gasteiger partial charge in [0.15, 0.2) is 0 Å². The van der Waals surface area contributed by atoms with E-state index in [4.69, 9.17) is 0 Å². The summed E-state index contributed by atoms with van der Waals surface area (Å²) in [6.45, 7) is 12.5. The van der Waals surface area contributed by atoms with E-state index in [0.29, 0.717) is 0 Å². The van der Waals surface area contributed by atoms with Crippen molar-refractivity contribution in [3.63, 3.8) is 0 Å². The molecule has 52 valence electrons. The molecule has 2 N–H and O–H groups in total. The van der Waals surface area contributed by atoms with Crippen molar-refractivity contribution in [3.05, 3.63) is 13.2 Å². The molecule has 0 atom stereocenters. The first-order chi connectivity index (χ1) is 3.73. The Hall–Kier alpha value is -0.300. The minimum atomic E-state index is 0.833. The third-order valence-corrected chi connectivity index (χ3v) is 0. The van der Waals surface area contributed by atoms with Crippen LogP contribution in [0.3, 0.4) is 0 Å². The Morgan fingerprint density at radius 3 is 1.00 bits per heavy atom. The van der Waals surface area contributed by atoms with E-state index in [1.807, 2.05) is 0 Å². The predicted octanol–water partition coefficient (Wildman–Crippen LogP) is 2.04. The lowest BCUT2D eigenvalue weighted by Crippen LogP contribution is -1.69. The smallest absolute Gasteiger partial charge is 0.0195 e. The Morgan fingerprint density at radius 1 is 1.00 bits per heavy atom. The van der Waals surface area contributed by atoms with Crippen LogP contribution in [-0.2, 0) is 0 Å². The zero-order valence-electron chi connectivity index (χ0n) is 6.57. The average Bonchev–Trinajstić information content (AvgIpc) is 1.75. The van der Waals surface area contributed by atoms with Gasteiger partial charge in [-0.2, -0.15) is 0 Å². The topological polar surface area (TPSA) is 26.0 Å². The summed E-state index contributed by atoms with van der Waals surface area (Å²) in [4.78, 5) is 0. The van der Waals surface area contributed by atoms with Gasteiger partial charge in [-0.1, -0.05) is 20.8 Å². The van der Waals surface area contributed by atoms with E-state index in [1.54, 1.807) is 0 Å². The van der Waals surface area contributed by atoms with Crippen molar-refractivity contribution < 1.29 is 0 Å². The van der Waals surface area contributed by atoms with E-state index in [0.717, 1.165) is 5.92 Å². The first kappa shape index (κ1) is 15.6. The lowest BCUT2D eigenvalue weighted by atomic mass is 10.3. The van der Waals surface area contributed by atoms with Crippen molar-refractivity contribution in [2.75, 3.05) is 7.05 Å². The van der Waals surface area contributed by atoms with E-state index in [2.05, 4.69) is 39.7 Å². The van der Waals surface area contributed by atoms with Crippen LogP contribution in [0.25, 0.3) is 0 Å². The fourth-order valence-electron chi connectivity index (χ4n) is 0. The second-order valence-corrected chi connectivity index (χ2v) is 1.73. The van der Waals surface area contributed by atoms with E-state index in [1.165, 1.54) is 7.05 Å². The van der Waals surface area contributed by atoms with Crippen molar-refractivity contribution >= 4 is 0 Å². The highest BCUT2D eigenvalue weighted by atomic mass is 14.4. The zero-order chi connectivity index (χ0) is 7.58. The minimum Gasteiger partial charge on any atom is -0.333 e. The molecule has 0 unspecified atom stereocenters. The molecule has 0 heterocycles. The maximum Gasteiger partial charge on any atom is -0.0195 e. The molecule has 0 aromatic rings. The van der Waals surface area contributed by atoms with Gasteiger partial charge in [0, 0.05) is 0 Å². The summed E-state index contributed by atoms with van der Waals surface area (Å²) in [5, 5.41) is 0. The summed E-state index contributed by atoms with van der Waals surface area (Å²) in [5.41, 5.74) is 4.50. The molecule has 0 aromatic carbocycles. The Bertz CT molecular complexity index is 15.6. The molecule has 0 aliphatic heterocycles. The van der Waals surface area contributed by atoms with Gasteiger partial charge >= 0.3 is 0 Å². The zero-order valence-corrected chi connectivity index (χ0v) is 6.57. The summed E-state index contributed by atoms with van der Waals surface area (Å²) in [6, 6.07) is 0. The first-order valence-corrected chi connectivity index (χ1v) is 2.81. The molecule has 0 aliphatic rings. The Labute approximate surface area is 53.6 Å². The van der Waals surface area contributed by atoms with Gasteiger partial charge < -0.3 is 5.73 Å². The van der Waals surface area contributed by atoms with Gasteiger partial charge in [-0.25, -0.2) is 0 Å². The molecule has 8 heavy (non-hydrogen) atoms. The molecule has 0 radical (unpaired) electrons. The standard InChI is InChI=1S/C4H10.C2H4.CH5N/c1-4(2)3;2*1-2/h4H,1-3H3;1-2H2;2H2,1H3. The fraction of sp³-hybridized carbons (Fsp3) is 0.714. The van der Waals surface area contributed by atoms with Gasteiger partial charge in [0.05, 0.1) is 0 Å². The van der Waals surface area contributed by atoms with Gasteiger partial charge in [-0.3, -0.25) is 0 Å². The van der Waals surface area contributed by atoms with Crippen molar-refractivity contribution in [1.29, 1.82) is 0 Å². The molecular formula is C7H19N. The van der Waals surface area contributed by atoms with Crippen LogP contribution in [-0.4, -0.2) is 7.05 Å². The van der Waals surface area contributed by atoms with E-state index < -0.39 is 0 Å². The van der Waals surface area contributed by atoms with E-state index in [9.17, 15) is 0 Å². The van der Waals surface area contributed by atoms with E-state index in [-0.39, 0.29) is 0 Å². The van der Waals surface area contributed by atoms with Crippen LogP contribution in [0.5, 0.6) is 0 Å². The fourth-order valence-corrected chi connectivity index (χ4v) is 0. The molecule has 0 amide bonds. The van der Waals surface area contributed by atoms with Crippen LogP contribution in [0.4, 0.5) is 0 Å². The van der Waals surface area contributed by atoms with Crippen molar-refractivity contribution in [3.8, 4) is 0 Å². The summed E-state index contributed by atoms with van der Waals surface area (Å²) >= 11 is 0. The normalized spacial score (nSPS) is 5.75. The number of hydrogen-bond acceptors (Lipinski definition) is 1. The molecule has 0 saturated carbocycles. The second-order valence-electron chi connectivity index (χ2n) is 1.73. The highest BCUT2D eigenvalue weighted by molar-refractivity contribution is 4.22. The predicted molar refractivity (Wildman–Crippen MR) is 41.9 cm³/mol. The lowest BCUT2D eigenvalue weighted by molar-refractivity contribution is 0.737. The SMILES string of the molecule is C=C.CC(C)C.CN. The van der Waals surface area contributed by atoms with Gasteiger partial charge in [0.1, 0.15) is 0 Å². The highest BCUT2D eigenvalue weighted by Gasteiger charge is 1.68. The van der Waals surface area contributed by atoms with Crippen LogP contribution in [0, 0.1) is 5.92 Å². The molecule has 1 nitrogen and oxygen atoms in total. The molecule has 0 saturated heterocycles. The molecule has 0 fully saturated rings. The molecule has 0 aromatic heterocycles. The van der Waals surface area contributed by atoms with Crippen LogP contribution < -0.4 is 5.73 Å². The van der Waals surface area contributed by atoms with Crippen molar-refractivity contribution in [1.82, 2.24) is 0 Å². The summed E-state index contributed by atoms with van der Waals surface area (Å²) in [5.74, 6) is 0.833. The summed E-state index contributed by atoms with van der Waals surface area (Å²) in [6.07, 6.45) is 0. The third-order valence-electron chi connectivity index (χ3n) is 0. The summed E-state index contributed by atoms with van der Waals surface area (Å²) < 4.78 is 0. The number of hydrogen-bond donors (Lipinski definition) is 1. The molecule has 1 heteroatoms. The minimum absolute atomic E-state index is 0.833. The van der Waals surface area contributed by atoms with Crippen molar-refractivity contribution in [2.24, 2.45) is 11.7 Å². The van der Waals surface area contributed by atoms with E-state index >= 15 is 0 Å². The first-order valence-electron chi connectivity index (χ1n) is 2.81. The molecule has 0 bridgehead atoms. The lowest BCUT2D eigenvalue weighted by Gasteiger charge is -1.79. The second kappa shape index (κ2) is 29.9. The average molecular weight is 117 g/mol. The monoisotopic (exact) mass is 117 g/mol. The Morgan fingerprint density at radius 2 is 1.00 bits per heavy atom. The number of nitrogens with two attached hydrogens (primary N) is 1. The molecular weight excluding hydrogens is 98.1 g/mol. The van der Waals surface area contributed by atoms with Crippen LogP contribution >= 0.6 is 0 Å². The quantitative estimate of drug-likeness (QED) is 0.483. The van der Waals surface area contributed by atoms with Gasteiger partial charge in [0.2, 0.25) is 0 Å². The Balaban J connectivity index is -0.0000000542. The van der Waals surface area contributed by atoms with Gasteiger partial charge in [-0.15, -0.1) is 13.2 Å². The summed E-state index contributed by atoms with van der Waals surface area (Å²) in [7, 11) is 1.50. The molecule has 0 rings (SSSR count). The van der Waals surface area contributed by atoms with Gasteiger partial charge in [-0.05, 0) is 13.0 Å². The van der Waals surface area contributed by atoms with Crippen molar-refractivity contribution in [2.45, 2.75) is 20.8 Å². The number of rotatable bonds is 0. The van der Waals surface area contributed by atoms with Crippen LogP contribution in [0.1, 0.15) is 20.8 Å².